The predicted octanol–water partition coefficient (Wildman–Crippen LogP) is 3.05. The Kier molecular flexibility index (Phi) is 3.37. The van der Waals surface area contributed by atoms with Crippen molar-refractivity contribution in [1.29, 1.82) is 0 Å². The molecule has 0 saturated carbocycles. The molecular weight excluding hydrogens is 345 g/mol. The number of aromatic nitrogens is 1. The highest BCUT2D eigenvalue weighted by molar-refractivity contribution is 14.1. The van der Waals surface area contributed by atoms with E-state index in [1.54, 1.807) is 23.8 Å². The number of nitrogens with zero attached hydrogens (tertiary/aromatic N) is 1. The molecule has 0 bridgehead atoms. The third-order valence-electron chi connectivity index (χ3n) is 1.72. The van der Waals surface area contributed by atoms with Crippen molar-refractivity contribution in [1.82, 2.24) is 4.98 Å². The monoisotopic (exact) mass is 351 g/mol. The van der Waals surface area contributed by atoms with Crippen molar-refractivity contribution in [2.24, 2.45) is 0 Å². The first-order valence-corrected chi connectivity index (χ1v) is 6.83. The Balaban J connectivity index is 2.28. The molecule has 0 aliphatic carbocycles. The fourth-order valence-corrected chi connectivity index (χ4v) is 2.98. The topological polar surface area (TPSA) is 39.2 Å². The first-order valence-electron chi connectivity index (χ1n) is 3.99. The number of methoxy groups -OCH3 is 1. The number of hydrogen-bond acceptors (Lipinski definition) is 5. The lowest BCUT2D eigenvalue weighted by atomic mass is 10.2. The van der Waals surface area contributed by atoms with Crippen LogP contribution in [0.1, 0.15) is 16.1 Å². The van der Waals surface area contributed by atoms with Crippen molar-refractivity contribution < 1.29 is 9.53 Å². The van der Waals surface area contributed by atoms with Gasteiger partial charge < -0.3 is 4.74 Å². The smallest absolute Gasteiger partial charge is 0.273 e. The van der Waals surface area contributed by atoms with Crippen LogP contribution in [0.25, 0.3) is 0 Å². The van der Waals surface area contributed by atoms with Gasteiger partial charge in [0.25, 0.3) is 5.19 Å². The van der Waals surface area contributed by atoms with Gasteiger partial charge in [-0.25, -0.2) is 0 Å². The molecule has 2 rings (SSSR count). The van der Waals surface area contributed by atoms with Crippen molar-refractivity contribution >= 4 is 51.0 Å². The second kappa shape index (κ2) is 4.58. The van der Waals surface area contributed by atoms with E-state index in [1.807, 2.05) is 11.4 Å². The van der Waals surface area contributed by atoms with Crippen LogP contribution < -0.4 is 4.74 Å². The normalized spacial score (nSPS) is 10.3. The molecule has 6 heteroatoms. The van der Waals surface area contributed by atoms with E-state index in [0.717, 1.165) is 2.88 Å². The van der Waals surface area contributed by atoms with E-state index in [-0.39, 0.29) is 5.78 Å². The van der Waals surface area contributed by atoms with Gasteiger partial charge in [-0.05, 0) is 28.7 Å². The minimum absolute atomic E-state index is 0.0475. The van der Waals surface area contributed by atoms with Gasteiger partial charge in [0.1, 0.15) is 5.69 Å². The summed E-state index contributed by atoms with van der Waals surface area (Å²) in [6.07, 6.45) is 0. The molecule has 15 heavy (non-hydrogen) atoms. The summed E-state index contributed by atoms with van der Waals surface area (Å²) in [5, 5.41) is 4.07. The molecule has 78 valence electrons. The van der Waals surface area contributed by atoms with Crippen molar-refractivity contribution in [3.05, 3.63) is 31.0 Å². The average Bonchev–Trinajstić information content (AvgIpc) is 2.84. The van der Waals surface area contributed by atoms with Gasteiger partial charge in [0, 0.05) is 16.3 Å². The van der Waals surface area contributed by atoms with Crippen LogP contribution in [-0.2, 0) is 0 Å². The van der Waals surface area contributed by atoms with Crippen LogP contribution in [0.2, 0.25) is 0 Å². The molecule has 0 spiro atoms. The van der Waals surface area contributed by atoms with Gasteiger partial charge in [0.2, 0.25) is 5.78 Å². The van der Waals surface area contributed by atoms with Gasteiger partial charge >= 0.3 is 0 Å². The molecule has 0 atom stereocenters. The maximum atomic E-state index is 11.9. The quantitative estimate of drug-likeness (QED) is 0.630. The zero-order valence-electron chi connectivity index (χ0n) is 7.69. The number of rotatable bonds is 3. The van der Waals surface area contributed by atoms with Gasteiger partial charge in [-0.3, -0.25) is 4.79 Å². The lowest BCUT2D eigenvalue weighted by Gasteiger charge is -1.91. The molecule has 2 aromatic rings. The van der Waals surface area contributed by atoms with Gasteiger partial charge in [-0.2, -0.15) is 4.98 Å². The van der Waals surface area contributed by atoms with Crippen LogP contribution in [0.5, 0.6) is 5.19 Å². The van der Waals surface area contributed by atoms with E-state index in [1.165, 1.54) is 11.3 Å². The number of carbonyl (C=O) groups excluding carboxylic acids is 1. The third-order valence-corrected chi connectivity index (χ3v) is 4.31. The molecule has 0 aromatic carbocycles. The summed E-state index contributed by atoms with van der Waals surface area (Å²) in [4.78, 5) is 15.9. The molecule has 2 heterocycles. The minimum atomic E-state index is -0.0475. The van der Waals surface area contributed by atoms with Crippen LogP contribution in [-0.4, -0.2) is 17.9 Å². The SMILES string of the molecule is COc1nc(C(=O)c2csc(I)c2)cs1. The largest absolute Gasteiger partial charge is 0.473 e. The molecule has 0 N–H and O–H groups in total. The second-order valence-electron chi connectivity index (χ2n) is 2.67. The Labute approximate surface area is 108 Å². The predicted molar refractivity (Wildman–Crippen MR) is 69.1 cm³/mol. The van der Waals surface area contributed by atoms with E-state index in [4.69, 9.17) is 4.74 Å². The average molecular weight is 351 g/mol. The minimum Gasteiger partial charge on any atom is -0.473 e. The molecule has 2 aromatic heterocycles. The first-order chi connectivity index (χ1) is 7.20. The Morgan fingerprint density at radius 1 is 1.47 bits per heavy atom. The van der Waals surface area contributed by atoms with Crippen LogP contribution in [0.15, 0.2) is 16.8 Å². The number of thiazole rings is 1. The molecule has 3 nitrogen and oxygen atoms in total. The third kappa shape index (κ3) is 2.37. The Bertz CT molecular complexity index is 492. The van der Waals surface area contributed by atoms with E-state index in [9.17, 15) is 4.79 Å². The summed E-state index contributed by atoms with van der Waals surface area (Å²) in [5.41, 5.74) is 1.14. The standard InChI is InChI=1S/C9H6INO2S2/c1-13-9-11-6(4-15-9)8(12)5-2-7(10)14-3-5/h2-4H,1H3. The number of ether oxygens (including phenoxy) is 1. The number of carbonyl (C=O) groups is 1. The van der Waals surface area contributed by atoms with Crippen molar-refractivity contribution in [3.63, 3.8) is 0 Å². The lowest BCUT2D eigenvalue weighted by molar-refractivity contribution is 0.103. The Morgan fingerprint density at radius 3 is 2.80 bits per heavy atom. The van der Waals surface area contributed by atoms with Gasteiger partial charge in [0.05, 0.1) is 9.99 Å². The maximum absolute atomic E-state index is 11.9. The van der Waals surface area contributed by atoms with E-state index in [2.05, 4.69) is 27.6 Å². The summed E-state index contributed by atoms with van der Waals surface area (Å²) in [6, 6.07) is 1.86. The summed E-state index contributed by atoms with van der Waals surface area (Å²) in [5.74, 6) is -0.0475. The van der Waals surface area contributed by atoms with Crippen LogP contribution in [0.4, 0.5) is 0 Å². The highest BCUT2D eigenvalue weighted by atomic mass is 127. The zero-order chi connectivity index (χ0) is 10.8. The lowest BCUT2D eigenvalue weighted by Crippen LogP contribution is -1.99. The van der Waals surface area contributed by atoms with Gasteiger partial charge in [0.15, 0.2) is 0 Å². The van der Waals surface area contributed by atoms with Crippen LogP contribution in [0.3, 0.4) is 0 Å². The second-order valence-corrected chi connectivity index (χ2v) is 6.30. The summed E-state index contributed by atoms with van der Waals surface area (Å²) >= 11 is 5.07. The van der Waals surface area contributed by atoms with Gasteiger partial charge in [-0.1, -0.05) is 11.3 Å². The number of thiophene rings is 1. The van der Waals surface area contributed by atoms with Crippen molar-refractivity contribution in [2.75, 3.05) is 7.11 Å². The first kappa shape index (κ1) is 11.0. The number of halogens is 1. The van der Waals surface area contributed by atoms with Gasteiger partial charge in [-0.15, -0.1) is 11.3 Å². The molecule has 0 fully saturated rings. The molecule has 0 radical (unpaired) electrons. The highest BCUT2D eigenvalue weighted by Crippen LogP contribution is 2.22. The fraction of sp³-hybridized carbons (Fsp3) is 0.111. The molecular formula is C9H6INO2S2. The summed E-state index contributed by atoms with van der Waals surface area (Å²) in [6.45, 7) is 0. The van der Waals surface area contributed by atoms with E-state index in [0.29, 0.717) is 16.5 Å². The van der Waals surface area contributed by atoms with Crippen molar-refractivity contribution in [2.45, 2.75) is 0 Å². The number of ketones is 1. The highest BCUT2D eigenvalue weighted by Gasteiger charge is 2.14. The van der Waals surface area contributed by atoms with Crippen LogP contribution in [0, 0.1) is 2.88 Å². The van der Waals surface area contributed by atoms with Crippen molar-refractivity contribution in [3.8, 4) is 5.19 Å². The molecule has 0 amide bonds. The fourth-order valence-electron chi connectivity index (χ4n) is 1.03. The molecule has 0 unspecified atom stereocenters. The maximum Gasteiger partial charge on any atom is 0.273 e. The molecule has 0 saturated heterocycles. The zero-order valence-corrected chi connectivity index (χ0v) is 11.5. The summed E-state index contributed by atoms with van der Waals surface area (Å²) < 4.78 is 6.04. The number of hydrogen-bond donors (Lipinski definition) is 0. The Hall–Kier alpha value is -0.470. The Morgan fingerprint density at radius 2 is 2.27 bits per heavy atom. The molecule has 0 aliphatic rings. The summed E-state index contributed by atoms with van der Waals surface area (Å²) in [7, 11) is 1.54. The van der Waals surface area contributed by atoms with Crippen LogP contribution >= 0.6 is 45.3 Å². The van der Waals surface area contributed by atoms with E-state index < -0.39 is 0 Å². The molecule has 0 aliphatic heterocycles. The van der Waals surface area contributed by atoms with E-state index >= 15 is 0 Å².